The van der Waals surface area contributed by atoms with Crippen LogP contribution in [0.3, 0.4) is 0 Å². The van der Waals surface area contributed by atoms with E-state index in [-0.39, 0.29) is 5.82 Å². The third-order valence-corrected chi connectivity index (χ3v) is 1.90. The summed E-state index contributed by atoms with van der Waals surface area (Å²) in [5.74, 6) is -0.154. The number of halogens is 2. The van der Waals surface area contributed by atoms with Crippen molar-refractivity contribution in [3.8, 4) is 0 Å². The van der Waals surface area contributed by atoms with Crippen LogP contribution < -0.4 is 0 Å². The maximum Gasteiger partial charge on any atom is 0.126 e. The molecule has 0 nitrogen and oxygen atoms in total. The van der Waals surface area contributed by atoms with Gasteiger partial charge in [-0.1, -0.05) is 34.6 Å². The van der Waals surface area contributed by atoms with E-state index in [0.717, 1.165) is 16.5 Å². The minimum Gasteiger partial charge on any atom is -0.207 e. The molecule has 0 N–H and O–H groups in total. The lowest BCUT2D eigenvalue weighted by molar-refractivity contribution is 0.618. The number of allylic oxidation sites excluding steroid dienone is 1. The van der Waals surface area contributed by atoms with Gasteiger partial charge in [0.15, 0.2) is 0 Å². The maximum absolute atomic E-state index is 12.8. The summed E-state index contributed by atoms with van der Waals surface area (Å²) in [6.07, 6.45) is 0.751. The Balaban J connectivity index is 2.89. The van der Waals surface area contributed by atoms with Gasteiger partial charge in [-0.25, -0.2) is 4.39 Å². The van der Waals surface area contributed by atoms with Gasteiger partial charge in [0.25, 0.3) is 0 Å². The molecule has 0 aliphatic carbocycles. The van der Waals surface area contributed by atoms with Gasteiger partial charge >= 0.3 is 0 Å². The van der Waals surface area contributed by atoms with Gasteiger partial charge in [0.05, 0.1) is 0 Å². The van der Waals surface area contributed by atoms with Gasteiger partial charge in [0.1, 0.15) is 5.82 Å². The first-order valence-electron chi connectivity index (χ1n) is 3.68. The van der Waals surface area contributed by atoms with Crippen LogP contribution in [0.4, 0.5) is 4.39 Å². The Kier molecular flexibility index (Phi) is 3.04. The van der Waals surface area contributed by atoms with Gasteiger partial charge in [-0.05, 0) is 28.6 Å². The van der Waals surface area contributed by atoms with Crippen LogP contribution in [-0.2, 0) is 6.42 Å². The van der Waals surface area contributed by atoms with Crippen molar-refractivity contribution in [1.82, 2.24) is 0 Å². The first kappa shape index (κ1) is 9.46. The number of rotatable bonds is 2. The van der Waals surface area contributed by atoms with Crippen molar-refractivity contribution in [2.45, 2.75) is 13.3 Å². The van der Waals surface area contributed by atoms with Gasteiger partial charge < -0.3 is 0 Å². The van der Waals surface area contributed by atoms with E-state index in [4.69, 9.17) is 0 Å². The molecular formula is C10H10BrF. The number of aryl methyl sites for hydroxylation is 1. The van der Waals surface area contributed by atoms with Crippen LogP contribution in [0, 0.1) is 12.7 Å². The topological polar surface area (TPSA) is 0 Å². The Morgan fingerprint density at radius 1 is 1.58 bits per heavy atom. The van der Waals surface area contributed by atoms with Crippen molar-refractivity contribution in [3.63, 3.8) is 0 Å². The van der Waals surface area contributed by atoms with E-state index in [1.54, 1.807) is 13.0 Å². The average Bonchev–Trinajstić information content (AvgIpc) is 1.96. The average molecular weight is 229 g/mol. The fraction of sp³-hybridized carbons (Fsp3) is 0.200. The summed E-state index contributed by atoms with van der Waals surface area (Å²) in [5.41, 5.74) is 1.76. The summed E-state index contributed by atoms with van der Waals surface area (Å²) in [6, 6.07) is 5.09. The van der Waals surface area contributed by atoms with Crippen molar-refractivity contribution < 1.29 is 4.39 Å². The molecule has 1 aromatic carbocycles. The van der Waals surface area contributed by atoms with Crippen molar-refractivity contribution in [2.24, 2.45) is 0 Å². The Bertz CT molecular complexity index is 305. The zero-order chi connectivity index (χ0) is 9.14. The van der Waals surface area contributed by atoms with E-state index < -0.39 is 0 Å². The molecule has 0 fully saturated rings. The van der Waals surface area contributed by atoms with E-state index in [2.05, 4.69) is 22.5 Å². The molecule has 0 spiro atoms. The lowest BCUT2D eigenvalue weighted by Crippen LogP contribution is -1.87. The molecule has 1 rings (SSSR count). The molecule has 0 aromatic heterocycles. The number of benzene rings is 1. The van der Waals surface area contributed by atoms with Gasteiger partial charge in [0, 0.05) is 6.42 Å². The minimum atomic E-state index is -0.154. The predicted octanol–water partition coefficient (Wildman–Crippen LogP) is 3.59. The van der Waals surface area contributed by atoms with Gasteiger partial charge in [-0.2, -0.15) is 0 Å². The van der Waals surface area contributed by atoms with E-state index in [1.807, 2.05) is 6.07 Å². The first-order chi connectivity index (χ1) is 5.59. The minimum absolute atomic E-state index is 0.154. The molecule has 64 valence electrons. The Morgan fingerprint density at radius 3 is 2.75 bits per heavy atom. The predicted molar refractivity (Wildman–Crippen MR) is 52.9 cm³/mol. The van der Waals surface area contributed by atoms with Crippen LogP contribution in [0.1, 0.15) is 11.1 Å². The molecule has 0 aliphatic rings. The second-order valence-electron chi connectivity index (χ2n) is 2.78. The zero-order valence-electron chi connectivity index (χ0n) is 6.90. The normalized spacial score (nSPS) is 9.92. The molecule has 0 aliphatic heterocycles. The molecule has 0 heterocycles. The summed E-state index contributed by atoms with van der Waals surface area (Å²) in [4.78, 5) is 0. The second-order valence-corrected chi connectivity index (χ2v) is 3.90. The first-order valence-corrected chi connectivity index (χ1v) is 4.47. The molecule has 0 unspecified atom stereocenters. The van der Waals surface area contributed by atoms with Crippen LogP contribution in [-0.4, -0.2) is 0 Å². The number of hydrogen-bond donors (Lipinski definition) is 0. The Labute approximate surface area is 80.2 Å². The molecule has 1 aromatic rings. The second kappa shape index (κ2) is 3.85. The molecule has 12 heavy (non-hydrogen) atoms. The van der Waals surface area contributed by atoms with Crippen molar-refractivity contribution in [1.29, 1.82) is 0 Å². The molecular weight excluding hydrogens is 219 g/mol. The summed E-state index contributed by atoms with van der Waals surface area (Å²) in [6.45, 7) is 5.49. The summed E-state index contributed by atoms with van der Waals surface area (Å²) in [5, 5.41) is 0. The van der Waals surface area contributed by atoms with E-state index in [0.29, 0.717) is 5.56 Å². The lowest BCUT2D eigenvalue weighted by Gasteiger charge is -2.01. The van der Waals surface area contributed by atoms with Crippen molar-refractivity contribution in [3.05, 3.63) is 46.2 Å². The highest BCUT2D eigenvalue weighted by Gasteiger charge is 1.98. The fourth-order valence-electron chi connectivity index (χ4n) is 1.04. The third-order valence-electron chi connectivity index (χ3n) is 1.62. The third kappa shape index (κ3) is 2.45. The van der Waals surface area contributed by atoms with E-state index >= 15 is 0 Å². The summed E-state index contributed by atoms with van der Waals surface area (Å²) >= 11 is 3.27. The Morgan fingerprint density at radius 2 is 2.25 bits per heavy atom. The molecule has 2 heteroatoms. The van der Waals surface area contributed by atoms with Crippen LogP contribution in [0.5, 0.6) is 0 Å². The molecule has 0 radical (unpaired) electrons. The molecule has 0 atom stereocenters. The van der Waals surface area contributed by atoms with Gasteiger partial charge in [-0.15, -0.1) is 0 Å². The molecule has 0 saturated carbocycles. The lowest BCUT2D eigenvalue weighted by atomic mass is 10.1. The smallest absolute Gasteiger partial charge is 0.126 e. The van der Waals surface area contributed by atoms with Crippen LogP contribution in [0.15, 0.2) is 29.3 Å². The number of hydrogen-bond acceptors (Lipinski definition) is 0. The molecule has 0 bridgehead atoms. The van der Waals surface area contributed by atoms with Gasteiger partial charge in [-0.3, -0.25) is 0 Å². The van der Waals surface area contributed by atoms with Crippen molar-refractivity contribution in [2.75, 3.05) is 0 Å². The zero-order valence-corrected chi connectivity index (χ0v) is 8.49. The SMILES string of the molecule is C=C(Br)Cc1ccc(F)c(C)c1. The molecule has 0 amide bonds. The standard InChI is InChI=1S/C10H10BrF/c1-7-5-9(6-8(2)11)3-4-10(7)12/h3-5H,2,6H2,1H3. The summed E-state index contributed by atoms with van der Waals surface area (Å²) in [7, 11) is 0. The maximum atomic E-state index is 12.8. The van der Waals surface area contributed by atoms with E-state index in [1.165, 1.54) is 6.07 Å². The van der Waals surface area contributed by atoms with Gasteiger partial charge in [0.2, 0.25) is 0 Å². The summed E-state index contributed by atoms with van der Waals surface area (Å²) < 4.78 is 13.7. The Hall–Kier alpha value is -0.630. The van der Waals surface area contributed by atoms with Crippen LogP contribution >= 0.6 is 15.9 Å². The highest BCUT2D eigenvalue weighted by molar-refractivity contribution is 9.11. The quantitative estimate of drug-likeness (QED) is 0.726. The monoisotopic (exact) mass is 228 g/mol. The molecule has 0 saturated heterocycles. The van der Waals surface area contributed by atoms with Crippen molar-refractivity contribution >= 4 is 15.9 Å². The van der Waals surface area contributed by atoms with E-state index in [9.17, 15) is 4.39 Å². The largest absolute Gasteiger partial charge is 0.207 e. The van der Waals surface area contributed by atoms with Crippen LogP contribution in [0.2, 0.25) is 0 Å². The van der Waals surface area contributed by atoms with Crippen LogP contribution in [0.25, 0.3) is 0 Å². The highest BCUT2D eigenvalue weighted by Crippen LogP contribution is 2.14. The highest BCUT2D eigenvalue weighted by atomic mass is 79.9. The fourth-order valence-corrected chi connectivity index (χ4v) is 1.36.